The molecule has 2 rings (SSSR count). The Balaban J connectivity index is 2.19. The molecule has 0 bridgehead atoms. The van der Waals surface area contributed by atoms with Crippen LogP contribution in [0.1, 0.15) is 25.0 Å². The summed E-state index contributed by atoms with van der Waals surface area (Å²) in [6.07, 6.45) is -1.63. The van der Waals surface area contributed by atoms with Crippen LogP contribution >= 0.6 is 43.5 Å². The lowest BCUT2D eigenvalue weighted by Crippen LogP contribution is -2.22. The molecule has 0 amide bonds. The number of hydrogen-bond donors (Lipinski definition) is 3. The lowest BCUT2D eigenvalue weighted by atomic mass is 9.78. The highest BCUT2D eigenvalue weighted by Crippen LogP contribution is 2.41. The molecule has 0 saturated carbocycles. The monoisotopic (exact) mass is 550 g/mol. The zero-order chi connectivity index (χ0) is 21.6. The van der Waals surface area contributed by atoms with Crippen LogP contribution in [-0.4, -0.2) is 53.2 Å². The Kier molecular flexibility index (Phi) is 9.25. The van der Waals surface area contributed by atoms with Crippen molar-refractivity contribution in [2.45, 2.75) is 31.5 Å². The van der Waals surface area contributed by atoms with Gasteiger partial charge in [0.2, 0.25) is 0 Å². The third-order valence-electron chi connectivity index (χ3n) is 4.55. The van der Waals surface area contributed by atoms with Crippen LogP contribution in [0.3, 0.4) is 0 Å². The van der Waals surface area contributed by atoms with Crippen LogP contribution in [0.5, 0.6) is 11.5 Å². The Labute approximate surface area is 192 Å². The fourth-order valence-corrected chi connectivity index (χ4v) is 4.17. The molecule has 0 saturated heterocycles. The first-order chi connectivity index (χ1) is 13.7. The number of aliphatic hydroxyl groups excluding tert-OH is 3. The lowest BCUT2D eigenvalue weighted by molar-refractivity contribution is 0.0536. The first kappa shape index (κ1) is 24.4. The highest BCUT2D eigenvalue weighted by molar-refractivity contribution is 9.11. The molecule has 0 heterocycles. The van der Waals surface area contributed by atoms with Gasteiger partial charge in [0.05, 0.1) is 21.4 Å². The maximum atomic E-state index is 9.61. The SMILES string of the molecule is CC(C)(c1ccc(OC[C@H](O)CO)cc1)c1cc(Br)c(OC[C@@H](O)CCl)c(Br)c1. The third kappa shape index (κ3) is 6.57. The van der Waals surface area contributed by atoms with Gasteiger partial charge in [-0.1, -0.05) is 26.0 Å². The molecule has 3 N–H and O–H groups in total. The van der Waals surface area contributed by atoms with E-state index in [0.29, 0.717) is 11.5 Å². The average Bonchev–Trinajstić information content (AvgIpc) is 2.71. The molecular formula is C21H25Br2ClO5. The molecule has 2 aromatic carbocycles. The van der Waals surface area contributed by atoms with Crippen LogP contribution in [0.4, 0.5) is 0 Å². The predicted octanol–water partition coefficient (Wildman–Crippen LogP) is 4.25. The van der Waals surface area contributed by atoms with E-state index in [1.54, 1.807) is 0 Å². The second-order valence-electron chi connectivity index (χ2n) is 7.18. The Morgan fingerprint density at radius 2 is 1.48 bits per heavy atom. The van der Waals surface area contributed by atoms with Crippen LogP contribution in [0.2, 0.25) is 0 Å². The van der Waals surface area contributed by atoms with Crippen molar-refractivity contribution in [2.24, 2.45) is 0 Å². The molecule has 0 aliphatic rings. The molecule has 2 aromatic rings. The van der Waals surface area contributed by atoms with Crippen molar-refractivity contribution >= 4 is 43.5 Å². The summed E-state index contributed by atoms with van der Waals surface area (Å²) >= 11 is 12.7. The van der Waals surface area contributed by atoms with E-state index in [4.69, 9.17) is 26.2 Å². The molecule has 0 fully saturated rings. The van der Waals surface area contributed by atoms with Crippen molar-refractivity contribution in [1.82, 2.24) is 0 Å². The molecule has 29 heavy (non-hydrogen) atoms. The first-order valence-corrected chi connectivity index (χ1v) is 11.2. The molecule has 0 unspecified atom stereocenters. The summed E-state index contributed by atoms with van der Waals surface area (Å²) < 4.78 is 12.7. The van der Waals surface area contributed by atoms with Crippen LogP contribution < -0.4 is 9.47 Å². The van der Waals surface area contributed by atoms with Gasteiger partial charge in [-0.15, -0.1) is 11.6 Å². The van der Waals surface area contributed by atoms with E-state index in [9.17, 15) is 10.2 Å². The van der Waals surface area contributed by atoms with E-state index in [0.717, 1.165) is 20.1 Å². The van der Waals surface area contributed by atoms with E-state index >= 15 is 0 Å². The Morgan fingerprint density at radius 3 is 2.00 bits per heavy atom. The largest absolute Gasteiger partial charge is 0.491 e. The van der Waals surface area contributed by atoms with E-state index in [1.807, 2.05) is 36.4 Å². The summed E-state index contributed by atoms with van der Waals surface area (Å²) in [7, 11) is 0. The fourth-order valence-electron chi connectivity index (χ4n) is 2.66. The minimum absolute atomic E-state index is 0.0407. The lowest BCUT2D eigenvalue weighted by Gasteiger charge is -2.27. The molecule has 160 valence electrons. The number of benzene rings is 2. The van der Waals surface area contributed by atoms with Gasteiger partial charge in [-0.3, -0.25) is 0 Å². The topological polar surface area (TPSA) is 79.2 Å². The van der Waals surface area contributed by atoms with E-state index < -0.39 is 12.2 Å². The Morgan fingerprint density at radius 1 is 0.931 bits per heavy atom. The summed E-state index contributed by atoms with van der Waals surface area (Å²) in [6, 6.07) is 11.6. The number of rotatable bonds is 10. The highest BCUT2D eigenvalue weighted by Gasteiger charge is 2.25. The van der Waals surface area contributed by atoms with Crippen LogP contribution in [0.25, 0.3) is 0 Å². The molecule has 0 aliphatic carbocycles. The summed E-state index contributed by atoms with van der Waals surface area (Å²) in [6.45, 7) is 4.04. The van der Waals surface area contributed by atoms with E-state index in [2.05, 4.69) is 45.7 Å². The van der Waals surface area contributed by atoms with Gasteiger partial charge >= 0.3 is 0 Å². The van der Waals surface area contributed by atoms with Crippen molar-refractivity contribution in [3.63, 3.8) is 0 Å². The van der Waals surface area contributed by atoms with Gasteiger partial charge < -0.3 is 24.8 Å². The standard InChI is InChI=1S/C21H25Br2ClO5/c1-21(2,13-3-5-17(6-4-13)28-12-16(27)10-25)14-7-18(22)20(19(23)8-14)29-11-15(26)9-24/h3-8,15-16,25-27H,9-12H2,1-2H3/t15-,16+/m0/s1. The molecular weight excluding hydrogens is 527 g/mol. The second-order valence-corrected chi connectivity index (χ2v) is 9.20. The first-order valence-electron chi connectivity index (χ1n) is 9.07. The summed E-state index contributed by atoms with van der Waals surface area (Å²) in [5, 5.41) is 27.9. The highest BCUT2D eigenvalue weighted by atomic mass is 79.9. The van der Waals surface area contributed by atoms with Gasteiger partial charge in [-0.2, -0.15) is 0 Å². The van der Waals surface area contributed by atoms with Crippen LogP contribution in [-0.2, 0) is 5.41 Å². The third-order valence-corrected chi connectivity index (χ3v) is 6.08. The normalized spacial score (nSPS) is 13.8. The summed E-state index contributed by atoms with van der Waals surface area (Å²) in [5.74, 6) is 1.35. The maximum Gasteiger partial charge on any atom is 0.147 e. The fraction of sp³-hybridized carbons (Fsp3) is 0.429. The van der Waals surface area contributed by atoms with Gasteiger partial charge in [0.25, 0.3) is 0 Å². The summed E-state index contributed by atoms with van der Waals surface area (Å²) in [4.78, 5) is 0. The predicted molar refractivity (Wildman–Crippen MR) is 121 cm³/mol. The molecule has 0 spiro atoms. The molecule has 0 aromatic heterocycles. The van der Waals surface area contributed by atoms with Crippen LogP contribution in [0.15, 0.2) is 45.3 Å². The molecule has 0 radical (unpaired) electrons. The maximum absolute atomic E-state index is 9.61. The van der Waals surface area contributed by atoms with Gasteiger partial charge in [0.1, 0.15) is 36.9 Å². The number of alkyl halides is 1. The van der Waals surface area contributed by atoms with Crippen LogP contribution in [0, 0.1) is 0 Å². The van der Waals surface area contributed by atoms with Gasteiger partial charge in [0.15, 0.2) is 0 Å². The van der Waals surface area contributed by atoms with Gasteiger partial charge in [0, 0.05) is 5.41 Å². The smallest absolute Gasteiger partial charge is 0.147 e. The second kappa shape index (κ2) is 11.0. The van der Waals surface area contributed by atoms with E-state index in [1.165, 1.54) is 0 Å². The van der Waals surface area contributed by atoms with Gasteiger partial charge in [-0.25, -0.2) is 0 Å². The van der Waals surface area contributed by atoms with Crippen molar-refractivity contribution in [1.29, 1.82) is 0 Å². The molecule has 2 atom stereocenters. The van der Waals surface area contributed by atoms with Crippen molar-refractivity contribution in [3.8, 4) is 11.5 Å². The van der Waals surface area contributed by atoms with Crippen molar-refractivity contribution in [2.75, 3.05) is 25.7 Å². The van der Waals surface area contributed by atoms with Gasteiger partial charge in [-0.05, 0) is 67.3 Å². The minimum atomic E-state index is -0.896. The number of halogens is 3. The molecule has 5 nitrogen and oxygen atoms in total. The average molecular weight is 553 g/mol. The molecule has 8 heteroatoms. The Bertz CT molecular complexity index is 775. The number of ether oxygens (including phenoxy) is 2. The quantitative estimate of drug-likeness (QED) is 0.384. The van der Waals surface area contributed by atoms with E-state index in [-0.39, 0.29) is 31.1 Å². The van der Waals surface area contributed by atoms with Crippen molar-refractivity contribution < 1.29 is 24.8 Å². The minimum Gasteiger partial charge on any atom is -0.491 e. The summed E-state index contributed by atoms with van der Waals surface area (Å²) in [5.41, 5.74) is 1.84. The zero-order valence-electron chi connectivity index (χ0n) is 16.2. The number of aliphatic hydroxyl groups is 3. The molecule has 0 aliphatic heterocycles. The number of hydrogen-bond acceptors (Lipinski definition) is 5. The van der Waals surface area contributed by atoms with Crippen molar-refractivity contribution in [3.05, 3.63) is 56.5 Å². The zero-order valence-corrected chi connectivity index (χ0v) is 20.2. The Hall–Kier alpha value is -0.830.